The van der Waals surface area contributed by atoms with E-state index < -0.39 is 8.26 Å². The number of anilines is 1. The maximum atomic E-state index is 11.3. The molecule has 1 amide bonds. The second-order valence-corrected chi connectivity index (χ2v) is 7.03. The topological polar surface area (TPSA) is 54.5 Å². The second kappa shape index (κ2) is 6.23. The summed E-state index contributed by atoms with van der Waals surface area (Å²) in [5.74, 6) is 0.251. The van der Waals surface area contributed by atoms with Crippen molar-refractivity contribution in [2.75, 3.05) is 11.4 Å². The third kappa shape index (κ3) is 5.91. The lowest BCUT2D eigenvalue weighted by Gasteiger charge is -2.14. The Hall–Kier alpha value is -0.780. The van der Waals surface area contributed by atoms with Crippen molar-refractivity contribution in [3.05, 3.63) is 30.3 Å². The van der Waals surface area contributed by atoms with Crippen LogP contribution in [0.2, 0.25) is 0 Å². The van der Waals surface area contributed by atoms with Gasteiger partial charge in [0.15, 0.2) is 0 Å². The van der Waals surface area contributed by atoms with Gasteiger partial charge in [-0.25, -0.2) is 0 Å². The highest BCUT2D eigenvalue weighted by Crippen LogP contribution is 2.19. The Kier molecular flexibility index (Phi) is 5.24. The minimum absolute atomic E-state index is 0.251. The van der Waals surface area contributed by atoms with Crippen molar-refractivity contribution in [1.82, 2.24) is 0 Å². The SMILES string of the molecule is O=C1CCCN1c1ccccc1.O=S(=O)(Cl)Cl. The van der Waals surface area contributed by atoms with Crippen LogP contribution in [0.3, 0.4) is 0 Å². The zero-order chi connectivity index (χ0) is 12.9. The molecule has 17 heavy (non-hydrogen) atoms. The highest BCUT2D eigenvalue weighted by Gasteiger charge is 2.20. The van der Waals surface area contributed by atoms with Crippen LogP contribution in [0, 0.1) is 0 Å². The molecule has 4 nitrogen and oxygen atoms in total. The summed E-state index contributed by atoms with van der Waals surface area (Å²) in [5.41, 5.74) is 1.03. The van der Waals surface area contributed by atoms with Gasteiger partial charge < -0.3 is 4.90 Å². The number of carbonyl (C=O) groups excluding carboxylic acids is 1. The summed E-state index contributed by atoms with van der Waals surface area (Å²) in [4.78, 5) is 13.1. The van der Waals surface area contributed by atoms with E-state index in [0.29, 0.717) is 6.42 Å². The van der Waals surface area contributed by atoms with Crippen molar-refractivity contribution in [1.29, 1.82) is 0 Å². The standard InChI is InChI=1S/C10H11NO.Cl2O2S/c12-10-7-4-8-11(10)9-5-2-1-3-6-9;1-5(2,3)4/h1-3,5-6H,4,7-8H2;. The molecule has 2 rings (SSSR count). The number of amides is 1. The van der Waals surface area contributed by atoms with Crippen LogP contribution in [-0.2, 0) is 13.1 Å². The average Bonchev–Trinajstić information content (AvgIpc) is 2.63. The van der Waals surface area contributed by atoms with Crippen LogP contribution >= 0.6 is 21.4 Å². The normalized spacial score (nSPS) is 15.4. The first-order valence-corrected chi connectivity index (χ1v) is 8.01. The summed E-state index contributed by atoms with van der Waals surface area (Å²) >= 11 is 0. The van der Waals surface area contributed by atoms with E-state index in [1.54, 1.807) is 0 Å². The zero-order valence-corrected chi connectivity index (χ0v) is 11.2. The third-order valence-corrected chi connectivity index (χ3v) is 2.14. The maximum absolute atomic E-state index is 11.3. The Labute approximate surface area is 109 Å². The molecule has 0 spiro atoms. The quantitative estimate of drug-likeness (QED) is 0.748. The highest BCUT2D eigenvalue weighted by molar-refractivity contribution is 8.31. The summed E-state index contributed by atoms with van der Waals surface area (Å²) in [6.07, 6.45) is 1.70. The fourth-order valence-electron chi connectivity index (χ4n) is 1.53. The first-order chi connectivity index (χ1) is 7.88. The van der Waals surface area contributed by atoms with Crippen molar-refractivity contribution in [2.45, 2.75) is 12.8 Å². The first kappa shape index (κ1) is 14.3. The number of nitrogens with zero attached hydrogens (tertiary/aromatic N) is 1. The van der Waals surface area contributed by atoms with Crippen LogP contribution < -0.4 is 4.90 Å². The van der Waals surface area contributed by atoms with E-state index in [1.165, 1.54) is 0 Å². The molecular weight excluding hydrogens is 285 g/mol. The molecule has 0 aromatic heterocycles. The summed E-state index contributed by atoms with van der Waals surface area (Å²) in [6.45, 7) is 0.878. The molecule has 0 aliphatic carbocycles. The highest BCUT2D eigenvalue weighted by atomic mass is 36.0. The number of carbonyl (C=O) groups is 1. The van der Waals surface area contributed by atoms with Crippen molar-refractivity contribution in [3.8, 4) is 0 Å². The maximum Gasteiger partial charge on any atom is 0.317 e. The van der Waals surface area contributed by atoms with Crippen LogP contribution in [0.15, 0.2) is 30.3 Å². The number of hydrogen-bond donors (Lipinski definition) is 0. The lowest BCUT2D eigenvalue weighted by molar-refractivity contribution is -0.117. The lowest BCUT2D eigenvalue weighted by Crippen LogP contribution is -2.23. The summed E-state index contributed by atoms with van der Waals surface area (Å²) in [6, 6.07) is 9.83. The smallest absolute Gasteiger partial charge is 0.312 e. The third-order valence-electron chi connectivity index (χ3n) is 2.14. The van der Waals surface area contributed by atoms with E-state index in [9.17, 15) is 4.79 Å². The molecule has 1 aromatic carbocycles. The molecule has 0 radical (unpaired) electrons. The van der Waals surface area contributed by atoms with Crippen LogP contribution in [0.25, 0.3) is 0 Å². The first-order valence-electron chi connectivity index (χ1n) is 4.87. The van der Waals surface area contributed by atoms with Gasteiger partial charge in [0.2, 0.25) is 5.91 Å². The molecule has 1 aromatic rings. The Morgan fingerprint density at radius 1 is 1.12 bits per heavy atom. The van der Waals surface area contributed by atoms with Gasteiger partial charge in [0, 0.05) is 40.0 Å². The minimum atomic E-state index is -3.72. The van der Waals surface area contributed by atoms with Crippen LogP contribution in [0.1, 0.15) is 12.8 Å². The minimum Gasteiger partial charge on any atom is -0.312 e. The number of hydrogen-bond acceptors (Lipinski definition) is 3. The lowest BCUT2D eigenvalue weighted by atomic mass is 10.3. The molecule has 1 fully saturated rings. The van der Waals surface area contributed by atoms with Gasteiger partial charge in [-0.3, -0.25) is 4.79 Å². The van der Waals surface area contributed by atoms with Crippen LogP contribution in [-0.4, -0.2) is 20.9 Å². The predicted octanol–water partition coefficient (Wildman–Crippen LogP) is 2.52. The second-order valence-electron chi connectivity index (χ2n) is 3.36. The molecule has 0 unspecified atom stereocenters. The van der Waals surface area contributed by atoms with Crippen LogP contribution in [0.5, 0.6) is 0 Å². The number of rotatable bonds is 1. The molecule has 0 N–H and O–H groups in total. The van der Waals surface area contributed by atoms with Gasteiger partial charge in [-0.1, -0.05) is 18.2 Å². The predicted molar refractivity (Wildman–Crippen MR) is 68.7 cm³/mol. The summed E-state index contributed by atoms with van der Waals surface area (Å²) < 4.78 is 18.3. The van der Waals surface area contributed by atoms with Gasteiger partial charge >= 0.3 is 8.26 Å². The van der Waals surface area contributed by atoms with E-state index >= 15 is 0 Å². The molecule has 94 valence electrons. The van der Waals surface area contributed by atoms with Crippen LogP contribution in [0.4, 0.5) is 5.69 Å². The molecule has 0 atom stereocenters. The molecular formula is C10H11Cl2NO3S. The molecule has 1 aliphatic heterocycles. The van der Waals surface area contributed by atoms with Gasteiger partial charge in [-0.05, 0) is 18.6 Å². The molecule has 0 saturated carbocycles. The Morgan fingerprint density at radius 2 is 1.65 bits per heavy atom. The van der Waals surface area contributed by atoms with Gasteiger partial charge in [-0.2, -0.15) is 8.42 Å². The largest absolute Gasteiger partial charge is 0.317 e. The average molecular weight is 296 g/mol. The Bertz CT molecular complexity index is 468. The van der Waals surface area contributed by atoms with Gasteiger partial charge in [0.1, 0.15) is 0 Å². The summed E-state index contributed by atoms with van der Waals surface area (Å²) in [7, 11) is 4.81. The fourth-order valence-corrected chi connectivity index (χ4v) is 1.53. The van der Waals surface area contributed by atoms with E-state index in [-0.39, 0.29) is 5.91 Å². The van der Waals surface area contributed by atoms with Crippen molar-refractivity contribution in [2.24, 2.45) is 0 Å². The van der Waals surface area contributed by atoms with E-state index in [0.717, 1.165) is 18.7 Å². The molecule has 1 aliphatic rings. The number of halogens is 2. The van der Waals surface area contributed by atoms with Gasteiger partial charge in [0.05, 0.1) is 0 Å². The number of benzene rings is 1. The van der Waals surface area contributed by atoms with Crippen molar-refractivity contribution >= 4 is 41.2 Å². The Balaban J connectivity index is 0.000000249. The molecule has 0 bridgehead atoms. The zero-order valence-electron chi connectivity index (χ0n) is 8.84. The van der Waals surface area contributed by atoms with Crippen molar-refractivity contribution < 1.29 is 13.2 Å². The van der Waals surface area contributed by atoms with E-state index in [4.69, 9.17) is 8.42 Å². The molecule has 1 saturated heterocycles. The summed E-state index contributed by atoms with van der Waals surface area (Å²) in [5, 5.41) is 0. The van der Waals surface area contributed by atoms with E-state index in [2.05, 4.69) is 21.4 Å². The Morgan fingerprint density at radius 3 is 2.06 bits per heavy atom. The van der Waals surface area contributed by atoms with Gasteiger partial charge in [-0.15, -0.1) is 0 Å². The molecule has 1 heterocycles. The monoisotopic (exact) mass is 295 g/mol. The van der Waals surface area contributed by atoms with E-state index in [1.807, 2.05) is 35.2 Å². The number of para-hydroxylation sites is 1. The molecule has 7 heteroatoms. The fraction of sp³-hybridized carbons (Fsp3) is 0.300. The van der Waals surface area contributed by atoms with Crippen molar-refractivity contribution in [3.63, 3.8) is 0 Å². The van der Waals surface area contributed by atoms with Gasteiger partial charge in [0.25, 0.3) is 0 Å².